The molecule has 1 aliphatic rings. The zero-order chi connectivity index (χ0) is 29.6. The number of fused-ring (bicyclic) bond motifs is 1. The van der Waals surface area contributed by atoms with Gasteiger partial charge in [0.1, 0.15) is 5.58 Å². The molecule has 1 aliphatic heterocycles. The van der Waals surface area contributed by atoms with Crippen LogP contribution in [0.2, 0.25) is 5.02 Å². The van der Waals surface area contributed by atoms with E-state index in [1.807, 2.05) is 66.7 Å². The second kappa shape index (κ2) is 11.1. The SMILES string of the molecule is CC(C)(C)c1ccc(C2C(C(=O)c3cc4ccccc4o3)=C(O)C(=O)N2c2nnc(SCc3ccccc3Cl)s2)cc1. The number of amides is 1. The topological polar surface area (TPSA) is 96.5 Å². The van der Waals surface area contributed by atoms with Crippen LogP contribution in [0.4, 0.5) is 5.13 Å². The third-order valence-corrected chi connectivity index (χ3v) is 9.58. The molecule has 2 aromatic heterocycles. The van der Waals surface area contributed by atoms with E-state index in [1.165, 1.54) is 28.0 Å². The molecule has 1 unspecified atom stereocenters. The van der Waals surface area contributed by atoms with Crippen LogP contribution in [0, 0.1) is 0 Å². The highest BCUT2D eigenvalue weighted by Gasteiger charge is 2.47. The van der Waals surface area contributed by atoms with Gasteiger partial charge in [0.2, 0.25) is 10.9 Å². The van der Waals surface area contributed by atoms with Crippen LogP contribution < -0.4 is 4.90 Å². The van der Waals surface area contributed by atoms with Crippen LogP contribution >= 0.6 is 34.7 Å². The fraction of sp³-hybridized carbons (Fsp3) is 0.188. The van der Waals surface area contributed by atoms with Crippen molar-refractivity contribution in [2.24, 2.45) is 0 Å². The average molecular weight is 616 g/mol. The van der Waals surface area contributed by atoms with Gasteiger partial charge in [0.15, 0.2) is 15.9 Å². The van der Waals surface area contributed by atoms with E-state index >= 15 is 0 Å². The van der Waals surface area contributed by atoms with Crippen molar-refractivity contribution >= 4 is 62.5 Å². The van der Waals surface area contributed by atoms with Crippen LogP contribution in [0.1, 0.15) is 54.1 Å². The molecule has 5 aromatic rings. The number of aliphatic hydroxyl groups excluding tert-OH is 1. The van der Waals surface area contributed by atoms with Gasteiger partial charge in [-0.1, -0.05) is 116 Å². The number of hydrogen-bond acceptors (Lipinski definition) is 8. The van der Waals surface area contributed by atoms with Crippen LogP contribution in [0.5, 0.6) is 0 Å². The Bertz CT molecular complexity index is 1820. The maximum atomic E-state index is 13.9. The highest BCUT2D eigenvalue weighted by atomic mass is 35.5. The van der Waals surface area contributed by atoms with Crippen LogP contribution in [-0.4, -0.2) is 27.0 Å². The number of benzene rings is 3. The summed E-state index contributed by atoms with van der Waals surface area (Å²) in [5.41, 5.74) is 3.07. The molecular weight excluding hydrogens is 590 g/mol. The summed E-state index contributed by atoms with van der Waals surface area (Å²) in [6.45, 7) is 6.33. The van der Waals surface area contributed by atoms with Crippen LogP contribution in [0.25, 0.3) is 11.0 Å². The van der Waals surface area contributed by atoms with E-state index in [9.17, 15) is 14.7 Å². The van der Waals surface area contributed by atoms with E-state index in [0.29, 0.717) is 26.3 Å². The van der Waals surface area contributed by atoms with Gasteiger partial charge in [-0.3, -0.25) is 14.5 Å². The Morgan fingerprint density at radius 2 is 1.76 bits per heavy atom. The summed E-state index contributed by atoms with van der Waals surface area (Å²) in [6.07, 6.45) is 0. The molecule has 1 amide bonds. The number of hydrogen-bond donors (Lipinski definition) is 1. The number of aliphatic hydroxyl groups is 1. The predicted octanol–water partition coefficient (Wildman–Crippen LogP) is 8.31. The van der Waals surface area contributed by atoms with E-state index in [4.69, 9.17) is 16.0 Å². The zero-order valence-electron chi connectivity index (χ0n) is 23.0. The Labute approximate surface area is 255 Å². The van der Waals surface area contributed by atoms with Crippen LogP contribution in [0.15, 0.2) is 99.0 Å². The number of rotatable bonds is 7. The van der Waals surface area contributed by atoms with Crippen molar-refractivity contribution in [2.45, 2.75) is 42.3 Å². The summed E-state index contributed by atoms with van der Waals surface area (Å²) in [5.74, 6) is -1.32. The van der Waals surface area contributed by atoms with Gasteiger partial charge in [0, 0.05) is 16.2 Å². The lowest BCUT2D eigenvalue weighted by Crippen LogP contribution is -2.31. The quantitative estimate of drug-likeness (QED) is 0.112. The monoisotopic (exact) mass is 615 g/mol. The van der Waals surface area contributed by atoms with Crippen LogP contribution in [0.3, 0.4) is 0 Å². The summed E-state index contributed by atoms with van der Waals surface area (Å²) in [7, 11) is 0. The molecule has 0 aliphatic carbocycles. The van der Waals surface area contributed by atoms with Gasteiger partial charge < -0.3 is 9.52 Å². The molecule has 0 bridgehead atoms. The fourth-order valence-electron chi connectivity index (χ4n) is 4.85. The first-order valence-corrected chi connectivity index (χ1v) is 15.4. The van der Waals surface area contributed by atoms with E-state index < -0.39 is 23.5 Å². The molecule has 7 nitrogen and oxygen atoms in total. The third kappa shape index (κ3) is 5.24. The molecule has 0 spiro atoms. The molecule has 3 heterocycles. The van der Waals surface area contributed by atoms with Gasteiger partial charge in [-0.25, -0.2) is 0 Å². The Morgan fingerprint density at radius 1 is 1.05 bits per heavy atom. The first-order chi connectivity index (χ1) is 20.1. The summed E-state index contributed by atoms with van der Waals surface area (Å²) < 4.78 is 6.46. The number of Topliss-reactive ketones (excluding diaryl/α,β-unsaturated/α-hetero) is 1. The largest absolute Gasteiger partial charge is 0.503 e. The predicted molar refractivity (Wildman–Crippen MR) is 166 cm³/mol. The molecule has 0 radical (unpaired) electrons. The third-order valence-electron chi connectivity index (χ3n) is 7.11. The highest BCUT2D eigenvalue weighted by molar-refractivity contribution is 8.00. The maximum Gasteiger partial charge on any atom is 0.296 e. The molecule has 6 rings (SSSR count). The summed E-state index contributed by atoms with van der Waals surface area (Å²) in [6, 6.07) is 23.2. The fourth-order valence-corrected chi connectivity index (χ4v) is 7.01. The number of para-hydroxylation sites is 1. The van der Waals surface area contributed by atoms with E-state index in [0.717, 1.165) is 16.5 Å². The normalized spacial score (nSPS) is 15.7. The second-order valence-electron chi connectivity index (χ2n) is 10.9. The minimum Gasteiger partial charge on any atom is -0.503 e. The van der Waals surface area contributed by atoms with Gasteiger partial charge in [-0.15, -0.1) is 10.2 Å². The molecule has 1 N–H and O–H groups in total. The lowest BCUT2D eigenvalue weighted by atomic mass is 9.85. The molecular formula is C32H26ClN3O4S2. The van der Waals surface area contributed by atoms with Crippen molar-refractivity contribution in [1.29, 1.82) is 0 Å². The van der Waals surface area contributed by atoms with E-state index in [2.05, 4.69) is 31.0 Å². The average Bonchev–Trinajstić information content (AvgIpc) is 3.68. The number of carbonyl (C=O) groups is 2. The summed E-state index contributed by atoms with van der Waals surface area (Å²) >= 11 is 8.96. The van der Waals surface area contributed by atoms with Crippen molar-refractivity contribution in [1.82, 2.24) is 10.2 Å². The van der Waals surface area contributed by atoms with Gasteiger partial charge >= 0.3 is 0 Å². The van der Waals surface area contributed by atoms with Crippen molar-refractivity contribution in [3.8, 4) is 0 Å². The highest BCUT2D eigenvalue weighted by Crippen LogP contribution is 2.44. The van der Waals surface area contributed by atoms with Gasteiger partial charge in [-0.05, 0) is 40.3 Å². The molecule has 1 atom stereocenters. The number of nitrogens with zero attached hydrogens (tertiary/aromatic N) is 3. The summed E-state index contributed by atoms with van der Waals surface area (Å²) in [5, 5.41) is 21.4. The smallest absolute Gasteiger partial charge is 0.296 e. The number of aromatic nitrogens is 2. The minimum atomic E-state index is -0.929. The zero-order valence-corrected chi connectivity index (χ0v) is 25.4. The van der Waals surface area contributed by atoms with Gasteiger partial charge in [-0.2, -0.15) is 0 Å². The first-order valence-electron chi connectivity index (χ1n) is 13.2. The molecule has 0 saturated carbocycles. The lowest BCUT2D eigenvalue weighted by molar-refractivity contribution is -0.117. The van der Waals surface area contributed by atoms with Gasteiger partial charge in [0.05, 0.1) is 11.6 Å². The molecule has 212 valence electrons. The Kier molecular flexibility index (Phi) is 7.43. The van der Waals surface area contributed by atoms with Crippen LogP contribution in [-0.2, 0) is 16.0 Å². The molecule has 0 fully saturated rings. The molecule has 42 heavy (non-hydrogen) atoms. The number of carbonyl (C=O) groups excluding carboxylic acids is 2. The Morgan fingerprint density at radius 3 is 2.48 bits per heavy atom. The van der Waals surface area contributed by atoms with Crippen molar-refractivity contribution < 1.29 is 19.1 Å². The number of halogens is 1. The second-order valence-corrected chi connectivity index (χ2v) is 13.5. The van der Waals surface area contributed by atoms with Gasteiger partial charge in [0.25, 0.3) is 5.91 Å². The number of anilines is 1. The van der Waals surface area contributed by atoms with Crippen molar-refractivity contribution in [3.63, 3.8) is 0 Å². The lowest BCUT2D eigenvalue weighted by Gasteiger charge is -2.25. The standard InChI is InChI=1S/C32H26ClN3O4S2/c1-32(2,3)21-14-12-18(13-15-21)26-25(27(37)24-16-19-8-5-7-11-23(19)40-24)28(38)29(39)36(26)30-34-35-31(42-30)41-17-20-9-4-6-10-22(20)33/h4-16,26,38H,17H2,1-3H3. The molecule has 10 heteroatoms. The van der Waals surface area contributed by atoms with E-state index in [1.54, 1.807) is 12.1 Å². The Hall–Kier alpha value is -3.92. The number of ketones is 1. The number of thioether (sulfide) groups is 1. The minimum absolute atomic E-state index is 0.0389. The summed E-state index contributed by atoms with van der Waals surface area (Å²) in [4.78, 5) is 28.9. The Balaban J connectivity index is 1.38. The van der Waals surface area contributed by atoms with Crippen molar-refractivity contribution in [2.75, 3.05) is 4.90 Å². The molecule has 0 saturated heterocycles. The first kappa shape index (κ1) is 28.2. The van der Waals surface area contributed by atoms with Crippen molar-refractivity contribution in [3.05, 3.63) is 118 Å². The number of furan rings is 1. The molecule has 3 aromatic carbocycles. The van der Waals surface area contributed by atoms with E-state index in [-0.39, 0.29) is 21.9 Å². The maximum absolute atomic E-state index is 13.9.